The lowest BCUT2D eigenvalue weighted by molar-refractivity contribution is -0.131. The number of aryl methyl sites for hydroxylation is 1. The summed E-state index contributed by atoms with van der Waals surface area (Å²) in [5.74, 6) is 0.422. The van der Waals surface area contributed by atoms with E-state index < -0.39 is 5.97 Å². The summed E-state index contributed by atoms with van der Waals surface area (Å²) in [6.07, 6.45) is 4.34. The van der Waals surface area contributed by atoms with Crippen LogP contribution in [0.1, 0.15) is 11.3 Å². The van der Waals surface area contributed by atoms with Crippen molar-refractivity contribution in [2.24, 2.45) is 0 Å². The van der Waals surface area contributed by atoms with Crippen LogP contribution < -0.4 is 4.74 Å². The molecular weight excluding hydrogens is 242 g/mol. The van der Waals surface area contributed by atoms with Crippen LogP contribution in [0.25, 0.3) is 6.08 Å². The molecule has 4 nitrogen and oxygen atoms in total. The van der Waals surface area contributed by atoms with E-state index in [0.29, 0.717) is 11.5 Å². The number of hydrogen-bond donors (Lipinski definition) is 1. The standard InChI is InChI=1S/C15H13NO3/c1-11-14(3-2-10-16-11)19-13-7-4-12(5-8-13)6-9-15(17)18/h2-10H,1H3,(H,17,18). The minimum absolute atomic E-state index is 0.684. The normalized spacial score (nSPS) is 10.6. The van der Waals surface area contributed by atoms with Gasteiger partial charge in [0.25, 0.3) is 0 Å². The number of aliphatic carboxylic acids is 1. The Kier molecular flexibility index (Phi) is 3.93. The van der Waals surface area contributed by atoms with Crippen molar-refractivity contribution < 1.29 is 14.6 Å². The molecule has 0 unspecified atom stereocenters. The Bertz CT molecular complexity index is 603. The number of carboxylic acids is 1. The fourth-order valence-corrected chi connectivity index (χ4v) is 1.52. The Hall–Kier alpha value is -2.62. The highest BCUT2D eigenvalue weighted by Gasteiger charge is 2.01. The zero-order valence-corrected chi connectivity index (χ0v) is 10.4. The number of rotatable bonds is 4. The van der Waals surface area contributed by atoms with Crippen LogP contribution in [-0.4, -0.2) is 16.1 Å². The fraction of sp³-hybridized carbons (Fsp3) is 0.0667. The zero-order valence-electron chi connectivity index (χ0n) is 10.4. The minimum Gasteiger partial charge on any atom is -0.478 e. The van der Waals surface area contributed by atoms with Gasteiger partial charge >= 0.3 is 5.97 Å². The maximum absolute atomic E-state index is 10.4. The summed E-state index contributed by atoms with van der Waals surface area (Å²) in [5.41, 5.74) is 1.62. The lowest BCUT2D eigenvalue weighted by atomic mass is 10.2. The van der Waals surface area contributed by atoms with Crippen LogP contribution >= 0.6 is 0 Å². The van der Waals surface area contributed by atoms with E-state index in [1.165, 1.54) is 6.08 Å². The van der Waals surface area contributed by atoms with Crippen molar-refractivity contribution >= 4 is 12.0 Å². The summed E-state index contributed by atoms with van der Waals surface area (Å²) >= 11 is 0. The van der Waals surface area contributed by atoms with E-state index in [1.807, 2.05) is 19.1 Å². The summed E-state index contributed by atoms with van der Waals surface area (Å²) in [5, 5.41) is 8.54. The summed E-state index contributed by atoms with van der Waals surface area (Å²) in [4.78, 5) is 14.5. The third-order valence-electron chi connectivity index (χ3n) is 2.48. The maximum Gasteiger partial charge on any atom is 0.328 e. The number of pyridine rings is 1. The van der Waals surface area contributed by atoms with Gasteiger partial charge in [-0.25, -0.2) is 4.79 Å². The highest BCUT2D eigenvalue weighted by atomic mass is 16.5. The molecule has 1 heterocycles. The molecule has 0 saturated heterocycles. The molecule has 2 aromatic rings. The summed E-state index contributed by atoms with van der Waals surface area (Å²) in [7, 11) is 0. The molecule has 0 saturated carbocycles. The predicted molar refractivity (Wildman–Crippen MR) is 72.2 cm³/mol. The third kappa shape index (κ3) is 3.67. The number of carbonyl (C=O) groups is 1. The van der Waals surface area contributed by atoms with Gasteiger partial charge in [-0.2, -0.15) is 0 Å². The molecule has 2 rings (SSSR count). The quantitative estimate of drug-likeness (QED) is 0.852. The Balaban J connectivity index is 2.11. The molecule has 0 aliphatic carbocycles. The highest BCUT2D eigenvalue weighted by molar-refractivity contribution is 5.85. The van der Waals surface area contributed by atoms with Crippen LogP contribution in [0, 0.1) is 6.92 Å². The van der Waals surface area contributed by atoms with E-state index in [9.17, 15) is 4.79 Å². The zero-order chi connectivity index (χ0) is 13.7. The fourth-order valence-electron chi connectivity index (χ4n) is 1.52. The Morgan fingerprint density at radius 3 is 2.63 bits per heavy atom. The van der Waals surface area contributed by atoms with Gasteiger partial charge in [-0.05, 0) is 42.8 Å². The molecule has 4 heteroatoms. The minimum atomic E-state index is -0.966. The first-order valence-electron chi connectivity index (χ1n) is 5.76. The van der Waals surface area contributed by atoms with Gasteiger partial charge in [0.1, 0.15) is 11.5 Å². The highest BCUT2D eigenvalue weighted by Crippen LogP contribution is 2.23. The molecule has 0 radical (unpaired) electrons. The third-order valence-corrected chi connectivity index (χ3v) is 2.48. The molecule has 1 aromatic carbocycles. The van der Waals surface area contributed by atoms with Crippen molar-refractivity contribution in [2.45, 2.75) is 6.92 Å². The number of aromatic nitrogens is 1. The Morgan fingerprint density at radius 1 is 1.26 bits per heavy atom. The lowest BCUT2D eigenvalue weighted by Crippen LogP contribution is -1.89. The number of ether oxygens (including phenoxy) is 1. The Labute approximate surface area is 111 Å². The molecule has 1 N–H and O–H groups in total. The molecule has 0 atom stereocenters. The van der Waals surface area contributed by atoms with Crippen LogP contribution in [0.3, 0.4) is 0 Å². The second kappa shape index (κ2) is 5.82. The molecule has 0 bridgehead atoms. The largest absolute Gasteiger partial charge is 0.478 e. The van der Waals surface area contributed by atoms with Crippen LogP contribution in [0.5, 0.6) is 11.5 Å². The Morgan fingerprint density at radius 2 is 2.00 bits per heavy atom. The van der Waals surface area contributed by atoms with Crippen molar-refractivity contribution in [1.82, 2.24) is 4.98 Å². The van der Waals surface area contributed by atoms with Gasteiger partial charge in [-0.15, -0.1) is 0 Å². The van der Waals surface area contributed by atoms with E-state index in [4.69, 9.17) is 9.84 Å². The second-order valence-corrected chi connectivity index (χ2v) is 3.93. The predicted octanol–water partition coefficient (Wildman–Crippen LogP) is 3.28. The van der Waals surface area contributed by atoms with Crippen LogP contribution in [0.2, 0.25) is 0 Å². The molecule has 19 heavy (non-hydrogen) atoms. The van der Waals surface area contributed by atoms with Gasteiger partial charge in [0.15, 0.2) is 0 Å². The first-order valence-corrected chi connectivity index (χ1v) is 5.76. The first-order chi connectivity index (χ1) is 9.15. The molecule has 96 valence electrons. The second-order valence-electron chi connectivity index (χ2n) is 3.93. The van der Waals surface area contributed by atoms with Gasteiger partial charge in [0.05, 0.1) is 5.69 Å². The van der Waals surface area contributed by atoms with Gasteiger partial charge in [-0.3, -0.25) is 4.98 Å². The molecule has 0 spiro atoms. The van der Waals surface area contributed by atoms with Gasteiger partial charge in [-0.1, -0.05) is 12.1 Å². The molecule has 1 aromatic heterocycles. The lowest BCUT2D eigenvalue weighted by Gasteiger charge is -2.07. The van der Waals surface area contributed by atoms with Gasteiger partial charge < -0.3 is 9.84 Å². The van der Waals surface area contributed by atoms with Crippen LogP contribution in [0.4, 0.5) is 0 Å². The van der Waals surface area contributed by atoms with Crippen molar-refractivity contribution in [2.75, 3.05) is 0 Å². The number of carboxylic acid groups (broad SMARTS) is 1. The summed E-state index contributed by atoms with van der Waals surface area (Å²) in [6, 6.07) is 10.8. The molecule has 0 fully saturated rings. The average Bonchev–Trinajstić information content (AvgIpc) is 2.40. The van der Waals surface area contributed by atoms with Crippen LogP contribution in [0.15, 0.2) is 48.7 Å². The molecular formula is C15H13NO3. The topological polar surface area (TPSA) is 59.4 Å². The van der Waals surface area contributed by atoms with Gasteiger partial charge in [0, 0.05) is 12.3 Å². The van der Waals surface area contributed by atoms with E-state index in [-0.39, 0.29) is 0 Å². The summed E-state index contributed by atoms with van der Waals surface area (Å²) < 4.78 is 5.69. The first kappa shape index (κ1) is 12.8. The van der Waals surface area contributed by atoms with Crippen molar-refractivity contribution in [3.63, 3.8) is 0 Å². The van der Waals surface area contributed by atoms with E-state index in [1.54, 1.807) is 30.5 Å². The molecule has 0 aliphatic rings. The maximum atomic E-state index is 10.4. The summed E-state index contributed by atoms with van der Waals surface area (Å²) in [6.45, 7) is 1.87. The number of hydrogen-bond acceptors (Lipinski definition) is 3. The van der Waals surface area contributed by atoms with E-state index >= 15 is 0 Å². The van der Waals surface area contributed by atoms with E-state index in [0.717, 1.165) is 17.3 Å². The van der Waals surface area contributed by atoms with Crippen molar-refractivity contribution in [3.05, 3.63) is 59.9 Å². The number of nitrogens with zero attached hydrogens (tertiary/aromatic N) is 1. The molecule has 0 aliphatic heterocycles. The molecule has 0 amide bonds. The number of benzene rings is 1. The van der Waals surface area contributed by atoms with Gasteiger partial charge in [0.2, 0.25) is 0 Å². The smallest absolute Gasteiger partial charge is 0.328 e. The monoisotopic (exact) mass is 255 g/mol. The van der Waals surface area contributed by atoms with Crippen molar-refractivity contribution in [3.8, 4) is 11.5 Å². The van der Waals surface area contributed by atoms with Crippen LogP contribution in [-0.2, 0) is 4.79 Å². The SMILES string of the molecule is Cc1ncccc1Oc1ccc(C=CC(=O)O)cc1. The van der Waals surface area contributed by atoms with Crippen molar-refractivity contribution in [1.29, 1.82) is 0 Å². The average molecular weight is 255 g/mol. The van der Waals surface area contributed by atoms with E-state index in [2.05, 4.69) is 4.98 Å².